The van der Waals surface area contributed by atoms with Crippen LogP contribution < -0.4 is 0 Å². The highest BCUT2D eigenvalue weighted by Crippen LogP contribution is 2.32. The Morgan fingerprint density at radius 3 is 2.37 bits per heavy atom. The van der Waals surface area contributed by atoms with Crippen LogP contribution in [0, 0.1) is 17.8 Å². The fraction of sp³-hybridized carbons (Fsp3) is 0.857. The molecule has 2 unspecified atom stereocenters. The average molecular weight is 286 g/mol. The van der Waals surface area contributed by atoms with Gasteiger partial charge in [0.15, 0.2) is 0 Å². The number of ether oxygens (including phenoxy) is 1. The van der Waals surface area contributed by atoms with Crippen LogP contribution in [0.4, 0.5) is 0 Å². The number of carbonyl (C=O) groups is 2. The summed E-state index contributed by atoms with van der Waals surface area (Å²) in [5.74, 6) is 0.0265. The molecule has 2 aliphatic rings. The zero-order valence-corrected chi connectivity index (χ0v) is 12.1. The van der Waals surface area contributed by atoms with Gasteiger partial charge in [0.1, 0.15) is 0 Å². The predicted octanol–water partition coefficient (Wildman–Crippen LogP) is 2.91. The fourth-order valence-electron chi connectivity index (χ4n) is 3.17. The molecule has 2 fully saturated rings. The van der Waals surface area contributed by atoms with Crippen LogP contribution >= 0.6 is 12.9 Å². The molecule has 2 atom stereocenters. The Hall–Kier alpha value is -0.710. The van der Waals surface area contributed by atoms with E-state index in [9.17, 15) is 9.59 Å². The Morgan fingerprint density at radius 1 is 0.947 bits per heavy atom. The minimum absolute atomic E-state index is 0.0417. The first kappa shape index (κ1) is 14.7. The minimum atomic E-state index is -0.260. The first-order valence-electron chi connectivity index (χ1n) is 7.22. The second-order valence-corrected chi connectivity index (χ2v) is 5.93. The lowest BCUT2D eigenvalue weighted by Gasteiger charge is -2.21. The second kappa shape index (κ2) is 7.17. The molecule has 0 saturated heterocycles. The van der Waals surface area contributed by atoms with Crippen LogP contribution in [-0.4, -0.2) is 18.5 Å². The monoisotopic (exact) mass is 286 g/mol. The summed E-state index contributed by atoms with van der Waals surface area (Å²) in [5.41, 5.74) is 0. The van der Waals surface area contributed by atoms with Gasteiger partial charge in [-0.2, -0.15) is 0 Å². The van der Waals surface area contributed by atoms with E-state index in [1.807, 2.05) is 0 Å². The first-order valence-corrected chi connectivity index (χ1v) is 7.59. The lowest BCUT2D eigenvalue weighted by atomic mass is 9.89. The van der Waals surface area contributed by atoms with Gasteiger partial charge in [0.25, 0.3) is 0 Å². The maximum atomic E-state index is 11.9. The van der Waals surface area contributed by atoms with Crippen molar-refractivity contribution in [1.82, 2.24) is 0 Å². The molecule has 0 spiro atoms. The summed E-state index contributed by atoms with van der Waals surface area (Å²) in [5, 5.41) is 0. The van der Waals surface area contributed by atoms with Gasteiger partial charge in [-0.1, -0.05) is 19.3 Å². The maximum absolute atomic E-state index is 11.9. The molecule has 2 rings (SSSR count). The van der Waals surface area contributed by atoms with Crippen molar-refractivity contribution in [3.63, 3.8) is 0 Å². The van der Waals surface area contributed by atoms with Gasteiger partial charge in [-0.25, -0.2) is 0 Å². The molecule has 0 bridgehead atoms. The summed E-state index contributed by atoms with van der Waals surface area (Å²) in [4.78, 5) is 23.2. The summed E-state index contributed by atoms with van der Waals surface area (Å²) in [6, 6.07) is 0. The van der Waals surface area contributed by atoms with E-state index in [-0.39, 0.29) is 23.8 Å². The van der Waals surface area contributed by atoms with E-state index < -0.39 is 0 Å². The van der Waals surface area contributed by atoms with Crippen molar-refractivity contribution in [3.8, 4) is 0 Å². The molecule has 19 heavy (non-hydrogen) atoms. The Labute approximate surface area is 119 Å². The highest BCUT2D eigenvalue weighted by atomic mass is 32.1. The molecule has 0 N–H and O–H groups in total. The highest BCUT2D eigenvalue weighted by Gasteiger charge is 2.32. The van der Waals surface area contributed by atoms with Gasteiger partial charge in [-0.3, -0.25) is 9.59 Å². The standard InChI is InChI=1S/C14H22O4S/c15-13(11-4-2-1-3-5-11)17-9-10-6-7-12(8-10)14(16)18-19/h10-12,19H,1-9H2. The molecule has 0 aromatic heterocycles. The van der Waals surface area contributed by atoms with Crippen molar-refractivity contribution in [3.05, 3.63) is 0 Å². The molecular formula is C14H22O4S. The normalized spacial score (nSPS) is 28.1. The van der Waals surface area contributed by atoms with Gasteiger partial charge < -0.3 is 8.92 Å². The molecular weight excluding hydrogens is 264 g/mol. The molecule has 108 valence electrons. The van der Waals surface area contributed by atoms with Crippen molar-refractivity contribution in [1.29, 1.82) is 0 Å². The summed E-state index contributed by atoms with van der Waals surface area (Å²) in [7, 11) is 0. The zero-order chi connectivity index (χ0) is 13.7. The van der Waals surface area contributed by atoms with Crippen LogP contribution in [0.5, 0.6) is 0 Å². The van der Waals surface area contributed by atoms with Crippen LogP contribution in [0.1, 0.15) is 51.4 Å². The predicted molar refractivity (Wildman–Crippen MR) is 73.4 cm³/mol. The SMILES string of the molecule is O=C(OS)C1CCC(COC(=O)C2CCCCC2)C1. The quantitative estimate of drug-likeness (QED) is 0.490. The van der Waals surface area contributed by atoms with Gasteiger partial charge in [0.2, 0.25) is 0 Å². The molecule has 2 saturated carbocycles. The molecule has 5 heteroatoms. The minimum Gasteiger partial charge on any atom is -0.465 e. The van der Waals surface area contributed by atoms with E-state index in [2.05, 4.69) is 17.1 Å². The topological polar surface area (TPSA) is 52.6 Å². The zero-order valence-electron chi connectivity index (χ0n) is 11.2. The lowest BCUT2D eigenvalue weighted by molar-refractivity contribution is -0.151. The van der Waals surface area contributed by atoms with Crippen molar-refractivity contribution < 1.29 is 18.5 Å². The summed E-state index contributed by atoms with van der Waals surface area (Å²) < 4.78 is 9.87. The number of carbonyl (C=O) groups excluding carboxylic acids is 2. The van der Waals surface area contributed by atoms with Crippen LogP contribution in [-0.2, 0) is 18.5 Å². The van der Waals surface area contributed by atoms with Gasteiger partial charge in [0.05, 0.1) is 18.4 Å². The summed E-state index contributed by atoms with van der Waals surface area (Å²) >= 11 is 3.54. The van der Waals surface area contributed by atoms with Crippen molar-refractivity contribution in [2.75, 3.05) is 6.61 Å². The van der Waals surface area contributed by atoms with E-state index in [1.165, 1.54) is 6.42 Å². The molecule has 4 nitrogen and oxygen atoms in total. The van der Waals surface area contributed by atoms with Crippen molar-refractivity contribution in [2.45, 2.75) is 51.4 Å². The number of hydrogen-bond acceptors (Lipinski definition) is 5. The van der Waals surface area contributed by atoms with Crippen LogP contribution in [0.2, 0.25) is 0 Å². The Morgan fingerprint density at radius 2 is 1.68 bits per heavy atom. The number of thiol groups is 1. The third kappa shape index (κ3) is 4.13. The van der Waals surface area contributed by atoms with Gasteiger partial charge in [-0.05, 0) is 38.0 Å². The number of esters is 1. The third-order valence-corrected chi connectivity index (χ3v) is 4.54. The highest BCUT2D eigenvalue weighted by molar-refractivity contribution is 7.75. The van der Waals surface area contributed by atoms with E-state index in [0.29, 0.717) is 12.5 Å². The smallest absolute Gasteiger partial charge is 0.320 e. The molecule has 0 aliphatic heterocycles. The van der Waals surface area contributed by atoms with Crippen molar-refractivity contribution >= 4 is 24.8 Å². The number of hydrogen-bond donors (Lipinski definition) is 1. The molecule has 0 radical (unpaired) electrons. The van der Waals surface area contributed by atoms with Crippen LogP contribution in [0.3, 0.4) is 0 Å². The first-order chi connectivity index (χ1) is 9.20. The van der Waals surface area contributed by atoms with Crippen LogP contribution in [0.15, 0.2) is 0 Å². The molecule has 2 aliphatic carbocycles. The van der Waals surface area contributed by atoms with Crippen molar-refractivity contribution in [2.24, 2.45) is 17.8 Å². The van der Waals surface area contributed by atoms with E-state index in [0.717, 1.165) is 44.9 Å². The fourth-order valence-corrected chi connectivity index (χ4v) is 3.32. The number of rotatable bonds is 4. The Kier molecular flexibility index (Phi) is 5.55. The van der Waals surface area contributed by atoms with Gasteiger partial charge >= 0.3 is 11.9 Å². The van der Waals surface area contributed by atoms with E-state index in [4.69, 9.17) is 4.74 Å². The molecule has 0 aromatic rings. The summed E-state index contributed by atoms with van der Waals surface area (Å²) in [6.07, 6.45) is 7.93. The lowest BCUT2D eigenvalue weighted by Crippen LogP contribution is -2.22. The van der Waals surface area contributed by atoms with Crippen LogP contribution in [0.25, 0.3) is 0 Å². The van der Waals surface area contributed by atoms with E-state index >= 15 is 0 Å². The largest absolute Gasteiger partial charge is 0.465 e. The molecule has 0 aromatic carbocycles. The van der Waals surface area contributed by atoms with Gasteiger partial charge in [0, 0.05) is 12.9 Å². The molecule has 0 heterocycles. The van der Waals surface area contributed by atoms with Gasteiger partial charge in [-0.15, -0.1) is 0 Å². The maximum Gasteiger partial charge on any atom is 0.320 e. The average Bonchev–Trinajstić information content (AvgIpc) is 2.93. The third-order valence-electron chi connectivity index (χ3n) is 4.36. The van der Waals surface area contributed by atoms with E-state index in [1.54, 1.807) is 0 Å². The second-order valence-electron chi connectivity index (χ2n) is 5.75. The Balaban J connectivity index is 1.68. The molecule has 0 amide bonds. The summed E-state index contributed by atoms with van der Waals surface area (Å²) in [6.45, 7) is 0.450. The Bertz CT molecular complexity index is 325.